The zero-order chi connectivity index (χ0) is 17.6. The van der Waals surface area contributed by atoms with E-state index >= 15 is 0 Å². The fraction of sp³-hybridized carbons (Fsp3) is 0.158. The summed E-state index contributed by atoms with van der Waals surface area (Å²) in [5.41, 5.74) is 2.76. The highest BCUT2D eigenvalue weighted by Crippen LogP contribution is 2.25. The second kappa shape index (κ2) is 7.85. The Balaban J connectivity index is 1.74. The smallest absolute Gasteiger partial charge is 0.229 e. The zero-order valence-electron chi connectivity index (χ0n) is 14.1. The lowest BCUT2D eigenvalue weighted by molar-refractivity contribution is 0.340. The summed E-state index contributed by atoms with van der Waals surface area (Å²) in [5, 5.41) is 7.15. The van der Waals surface area contributed by atoms with Gasteiger partial charge in [-0.2, -0.15) is 4.98 Å². The Labute approximate surface area is 152 Å². The fourth-order valence-electron chi connectivity index (χ4n) is 2.30. The van der Waals surface area contributed by atoms with Crippen LogP contribution in [0, 0.1) is 6.92 Å². The number of aromatic nitrogens is 2. The van der Waals surface area contributed by atoms with Crippen LogP contribution in [0.15, 0.2) is 54.7 Å². The molecular weight excluding hydrogens is 336 g/mol. The molecule has 0 atom stereocenters. The molecule has 0 saturated heterocycles. The van der Waals surface area contributed by atoms with Gasteiger partial charge in [0.05, 0.1) is 6.61 Å². The minimum atomic E-state index is 0.501. The second-order valence-corrected chi connectivity index (χ2v) is 5.79. The van der Waals surface area contributed by atoms with Crippen molar-refractivity contribution in [2.75, 3.05) is 17.2 Å². The summed E-state index contributed by atoms with van der Waals surface area (Å²) in [6, 6.07) is 15.2. The van der Waals surface area contributed by atoms with Crippen LogP contribution < -0.4 is 15.4 Å². The Hall–Kier alpha value is -2.79. The van der Waals surface area contributed by atoms with Crippen molar-refractivity contribution in [3.05, 3.63) is 65.3 Å². The van der Waals surface area contributed by atoms with Crippen molar-refractivity contribution in [1.29, 1.82) is 0 Å². The average molecular weight is 355 g/mol. The van der Waals surface area contributed by atoms with Gasteiger partial charge >= 0.3 is 0 Å². The number of hydrogen-bond acceptors (Lipinski definition) is 5. The van der Waals surface area contributed by atoms with Gasteiger partial charge in [0.1, 0.15) is 11.6 Å². The van der Waals surface area contributed by atoms with Crippen molar-refractivity contribution in [3.8, 4) is 5.75 Å². The molecule has 0 amide bonds. The average Bonchev–Trinajstić information content (AvgIpc) is 2.61. The summed E-state index contributed by atoms with van der Waals surface area (Å²) >= 11 is 6.15. The van der Waals surface area contributed by atoms with E-state index < -0.39 is 0 Å². The number of halogens is 1. The van der Waals surface area contributed by atoms with Gasteiger partial charge in [-0.1, -0.05) is 17.7 Å². The van der Waals surface area contributed by atoms with Gasteiger partial charge in [-0.15, -0.1) is 0 Å². The molecule has 3 rings (SSSR count). The number of ether oxygens (including phenoxy) is 1. The molecule has 128 valence electrons. The van der Waals surface area contributed by atoms with E-state index in [9.17, 15) is 0 Å². The quantitative estimate of drug-likeness (QED) is 0.627. The summed E-state index contributed by atoms with van der Waals surface area (Å²) in [5.74, 6) is 2.04. The molecule has 0 fully saturated rings. The van der Waals surface area contributed by atoms with Gasteiger partial charge in [0.15, 0.2) is 0 Å². The van der Waals surface area contributed by atoms with Crippen molar-refractivity contribution in [1.82, 2.24) is 9.97 Å². The van der Waals surface area contributed by atoms with Crippen LogP contribution in [-0.2, 0) is 0 Å². The van der Waals surface area contributed by atoms with Crippen molar-refractivity contribution < 1.29 is 4.74 Å². The minimum absolute atomic E-state index is 0.501. The van der Waals surface area contributed by atoms with Crippen LogP contribution in [0.3, 0.4) is 0 Å². The van der Waals surface area contributed by atoms with E-state index in [-0.39, 0.29) is 0 Å². The summed E-state index contributed by atoms with van der Waals surface area (Å²) in [7, 11) is 0. The molecule has 0 bridgehead atoms. The van der Waals surface area contributed by atoms with Crippen molar-refractivity contribution >= 4 is 34.7 Å². The van der Waals surface area contributed by atoms with Crippen LogP contribution in [0.1, 0.15) is 12.5 Å². The van der Waals surface area contributed by atoms with Gasteiger partial charge in [-0.25, -0.2) is 4.98 Å². The van der Waals surface area contributed by atoms with Gasteiger partial charge < -0.3 is 15.4 Å². The highest BCUT2D eigenvalue weighted by Gasteiger charge is 2.05. The number of hydrogen-bond donors (Lipinski definition) is 2. The molecule has 25 heavy (non-hydrogen) atoms. The van der Waals surface area contributed by atoms with Crippen LogP contribution in [0.2, 0.25) is 5.02 Å². The molecule has 1 heterocycles. The highest BCUT2D eigenvalue weighted by atomic mass is 35.5. The summed E-state index contributed by atoms with van der Waals surface area (Å²) in [6.45, 7) is 4.56. The topological polar surface area (TPSA) is 59.1 Å². The Morgan fingerprint density at radius 1 is 1.04 bits per heavy atom. The predicted octanol–water partition coefficient (Wildman–Crippen LogP) is 5.32. The maximum Gasteiger partial charge on any atom is 0.229 e. The predicted molar refractivity (Wildman–Crippen MR) is 102 cm³/mol. The summed E-state index contributed by atoms with van der Waals surface area (Å²) in [6.07, 6.45) is 1.70. The number of rotatable bonds is 6. The maximum atomic E-state index is 6.15. The van der Waals surface area contributed by atoms with Crippen molar-refractivity contribution in [2.24, 2.45) is 0 Å². The minimum Gasteiger partial charge on any atom is -0.494 e. The molecule has 0 aliphatic heterocycles. The maximum absolute atomic E-state index is 6.15. The van der Waals surface area contributed by atoms with Crippen LogP contribution in [0.5, 0.6) is 5.75 Å². The van der Waals surface area contributed by atoms with E-state index in [1.807, 2.05) is 62.4 Å². The highest BCUT2D eigenvalue weighted by molar-refractivity contribution is 6.31. The molecule has 6 heteroatoms. The Morgan fingerprint density at radius 3 is 2.60 bits per heavy atom. The third-order valence-electron chi connectivity index (χ3n) is 3.61. The van der Waals surface area contributed by atoms with Crippen LogP contribution in [-0.4, -0.2) is 16.6 Å². The van der Waals surface area contributed by atoms with E-state index in [0.29, 0.717) is 23.4 Å². The van der Waals surface area contributed by atoms with Crippen molar-refractivity contribution in [2.45, 2.75) is 13.8 Å². The van der Waals surface area contributed by atoms with Gasteiger partial charge in [-0.05, 0) is 61.9 Å². The van der Waals surface area contributed by atoms with E-state index in [1.54, 1.807) is 6.20 Å². The first-order chi connectivity index (χ1) is 12.2. The molecule has 0 radical (unpaired) electrons. The standard InChI is InChI=1S/C19H19ClN4O/c1-3-25-15-9-7-14(8-10-15)22-18-11-12-21-19(24-18)23-17-6-4-5-16(20)13(17)2/h4-12H,3H2,1-2H3,(H2,21,22,23,24). The van der Waals surface area contributed by atoms with Crippen LogP contribution in [0.25, 0.3) is 0 Å². The molecular formula is C19H19ClN4O. The molecule has 5 nitrogen and oxygen atoms in total. The Bertz CT molecular complexity index is 852. The molecule has 1 aromatic heterocycles. The van der Waals surface area contributed by atoms with Gasteiger partial charge in [0, 0.05) is 22.6 Å². The number of benzene rings is 2. The molecule has 0 spiro atoms. The zero-order valence-corrected chi connectivity index (χ0v) is 14.8. The molecule has 2 N–H and O–H groups in total. The summed E-state index contributed by atoms with van der Waals surface area (Å²) in [4.78, 5) is 8.75. The van der Waals surface area contributed by atoms with E-state index in [0.717, 1.165) is 22.7 Å². The Kier molecular flexibility index (Phi) is 5.36. The van der Waals surface area contributed by atoms with Crippen molar-refractivity contribution in [3.63, 3.8) is 0 Å². The lowest BCUT2D eigenvalue weighted by atomic mass is 10.2. The van der Waals surface area contributed by atoms with Gasteiger partial charge in [-0.3, -0.25) is 0 Å². The van der Waals surface area contributed by atoms with Crippen LogP contribution in [0.4, 0.5) is 23.1 Å². The monoisotopic (exact) mass is 354 g/mol. The first-order valence-electron chi connectivity index (χ1n) is 8.01. The molecule has 2 aromatic carbocycles. The first kappa shape index (κ1) is 17.0. The lowest BCUT2D eigenvalue weighted by Gasteiger charge is -2.11. The molecule has 0 unspecified atom stereocenters. The fourth-order valence-corrected chi connectivity index (χ4v) is 2.48. The number of nitrogens with zero attached hydrogens (tertiary/aromatic N) is 2. The number of nitrogens with one attached hydrogen (secondary N) is 2. The normalized spacial score (nSPS) is 10.4. The third-order valence-corrected chi connectivity index (χ3v) is 4.02. The van der Waals surface area contributed by atoms with E-state index in [1.165, 1.54) is 0 Å². The van der Waals surface area contributed by atoms with E-state index in [4.69, 9.17) is 16.3 Å². The second-order valence-electron chi connectivity index (χ2n) is 5.39. The molecule has 0 aliphatic carbocycles. The summed E-state index contributed by atoms with van der Waals surface area (Å²) < 4.78 is 5.44. The largest absolute Gasteiger partial charge is 0.494 e. The van der Waals surface area contributed by atoms with Gasteiger partial charge in [0.25, 0.3) is 0 Å². The van der Waals surface area contributed by atoms with E-state index in [2.05, 4.69) is 20.6 Å². The van der Waals surface area contributed by atoms with Gasteiger partial charge in [0.2, 0.25) is 5.95 Å². The third kappa shape index (κ3) is 4.39. The Morgan fingerprint density at radius 2 is 1.84 bits per heavy atom. The first-order valence-corrected chi connectivity index (χ1v) is 8.38. The van der Waals surface area contributed by atoms with Crippen LogP contribution >= 0.6 is 11.6 Å². The molecule has 3 aromatic rings. The lowest BCUT2D eigenvalue weighted by Crippen LogP contribution is -2.01. The molecule has 0 saturated carbocycles. The SMILES string of the molecule is CCOc1ccc(Nc2ccnc(Nc3cccc(Cl)c3C)n2)cc1. The molecule has 0 aliphatic rings. The number of anilines is 4.